The van der Waals surface area contributed by atoms with E-state index in [-0.39, 0.29) is 11.6 Å². The lowest BCUT2D eigenvalue weighted by atomic mass is 10.1. The number of carbonyl (C=O) groups is 1. The summed E-state index contributed by atoms with van der Waals surface area (Å²) in [5, 5.41) is 8.91. The van der Waals surface area contributed by atoms with Crippen molar-refractivity contribution in [1.82, 2.24) is 10.1 Å². The van der Waals surface area contributed by atoms with Crippen molar-refractivity contribution < 1.29 is 13.7 Å². The molecule has 1 aromatic carbocycles. The molecule has 0 saturated heterocycles. The van der Waals surface area contributed by atoms with Crippen LogP contribution in [0.5, 0.6) is 0 Å². The molecule has 0 unspecified atom stereocenters. The standard InChI is InChI=1S/C18H13N3O3S/c1-11-4-6-12(7-5-11)14-10-25-18(19-14)20-17(22)13-9-16(24-21-13)15-3-2-8-23-15/h2-10H,1H3,(H,19,20,22). The van der Waals surface area contributed by atoms with Crippen LogP contribution in [0.1, 0.15) is 16.1 Å². The molecule has 0 radical (unpaired) electrons. The Bertz CT molecular complexity index is 1000. The van der Waals surface area contributed by atoms with Crippen molar-refractivity contribution in [2.45, 2.75) is 6.92 Å². The Balaban J connectivity index is 1.49. The summed E-state index contributed by atoms with van der Waals surface area (Å²) >= 11 is 1.36. The largest absolute Gasteiger partial charge is 0.461 e. The van der Waals surface area contributed by atoms with E-state index in [1.165, 1.54) is 29.2 Å². The quantitative estimate of drug-likeness (QED) is 0.580. The van der Waals surface area contributed by atoms with Crippen molar-refractivity contribution in [3.63, 3.8) is 0 Å². The molecule has 0 saturated carbocycles. The summed E-state index contributed by atoms with van der Waals surface area (Å²) in [4.78, 5) is 16.7. The van der Waals surface area contributed by atoms with Crippen LogP contribution in [0.25, 0.3) is 22.8 Å². The predicted molar refractivity (Wildman–Crippen MR) is 94.4 cm³/mol. The molecular weight excluding hydrogens is 338 g/mol. The third-order valence-electron chi connectivity index (χ3n) is 3.58. The maximum absolute atomic E-state index is 12.3. The van der Waals surface area contributed by atoms with Gasteiger partial charge in [0, 0.05) is 17.0 Å². The summed E-state index contributed by atoms with van der Waals surface area (Å²) in [7, 11) is 0. The van der Waals surface area contributed by atoms with Crippen molar-refractivity contribution in [2.75, 3.05) is 5.32 Å². The molecule has 124 valence electrons. The first kappa shape index (κ1) is 15.3. The molecule has 0 aliphatic rings. The van der Waals surface area contributed by atoms with Gasteiger partial charge in [0.15, 0.2) is 16.6 Å². The summed E-state index contributed by atoms with van der Waals surface area (Å²) in [5.41, 5.74) is 3.17. The molecule has 1 amide bonds. The van der Waals surface area contributed by atoms with Crippen LogP contribution in [-0.2, 0) is 0 Å². The van der Waals surface area contributed by atoms with E-state index in [1.54, 1.807) is 12.1 Å². The van der Waals surface area contributed by atoms with Crippen molar-refractivity contribution in [2.24, 2.45) is 0 Å². The zero-order valence-corrected chi connectivity index (χ0v) is 14.0. The van der Waals surface area contributed by atoms with E-state index in [0.717, 1.165) is 11.3 Å². The number of hydrogen-bond donors (Lipinski definition) is 1. The Labute approximate surface area is 147 Å². The first-order valence-electron chi connectivity index (χ1n) is 7.53. The lowest BCUT2D eigenvalue weighted by Gasteiger charge is -1.98. The first-order chi connectivity index (χ1) is 12.2. The number of nitrogens with zero attached hydrogens (tertiary/aromatic N) is 2. The van der Waals surface area contributed by atoms with Crippen molar-refractivity contribution >= 4 is 22.4 Å². The highest BCUT2D eigenvalue weighted by Gasteiger charge is 2.16. The molecule has 6 nitrogen and oxygen atoms in total. The van der Waals surface area contributed by atoms with Crippen LogP contribution in [0.2, 0.25) is 0 Å². The molecule has 25 heavy (non-hydrogen) atoms. The fraction of sp³-hybridized carbons (Fsp3) is 0.0556. The van der Waals surface area contributed by atoms with Crippen molar-refractivity contribution in [1.29, 1.82) is 0 Å². The molecule has 3 aromatic heterocycles. The van der Waals surface area contributed by atoms with Crippen LogP contribution < -0.4 is 5.32 Å². The minimum atomic E-state index is -0.383. The number of hydrogen-bond acceptors (Lipinski definition) is 6. The smallest absolute Gasteiger partial charge is 0.279 e. The highest BCUT2D eigenvalue weighted by atomic mass is 32.1. The minimum absolute atomic E-state index is 0.165. The third kappa shape index (κ3) is 3.22. The molecule has 1 N–H and O–H groups in total. The molecule has 4 rings (SSSR count). The summed E-state index contributed by atoms with van der Waals surface area (Å²) in [6.45, 7) is 2.03. The Morgan fingerprint density at radius 3 is 2.76 bits per heavy atom. The average molecular weight is 351 g/mol. The van der Waals surface area contributed by atoms with Gasteiger partial charge >= 0.3 is 0 Å². The summed E-state index contributed by atoms with van der Waals surface area (Å²) in [5.74, 6) is 0.531. The lowest BCUT2D eigenvalue weighted by Crippen LogP contribution is -2.11. The molecule has 4 aromatic rings. The summed E-state index contributed by atoms with van der Waals surface area (Å²) in [6, 6.07) is 13.1. The van der Waals surface area contributed by atoms with Gasteiger partial charge in [0.2, 0.25) is 5.76 Å². The maximum Gasteiger partial charge on any atom is 0.279 e. The second-order valence-electron chi connectivity index (χ2n) is 5.41. The monoisotopic (exact) mass is 351 g/mol. The van der Waals surface area contributed by atoms with Crippen molar-refractivity contribution in [3.8, 4) is 22.8 Å². The van der Waals surface area contributed by atoms with Gasteiger partial charge in [-0.3, -0.25) is 10.1 Å². The van der Waals surface area contributed by atoms with E-state index in [2.05, 4.69) is 15.5 Å². The highest BCUT2D eigenvalue weighted by molar-refractivity contribution is 7.14. The Kier molecular flexibility index (Phi) is 3.91. The summed E-state index contributed by atoms with van der Waals surface area (Å²) in [6.07, 6.45) is 1.53. The number of rotatable bonds is 4. The van der Waals surface area contributed by atoms with E-state index in [4.69, 9.17) is 8.94 Å². The molecule has 3 heterocycles. The van der Waals surface area contributed by atoms with Crippen LogP contribution in [0.3, 0.4) is 0 Å². The van der Waals surface area contributed by atoms with Gasteiger partial charge in [-0.05, 0) is 19.1 Å². The summed E-state index contributed by atoms with van der Waals surface area (Å²) < 4.78 is 10.3. The zero-order chi connectivity index (χ0) is 17.2. The van der Waals surface area contributed by atoms with E-state index in [1.807, 2.05) is 36.6 Å². The van der Waals surface area contributed by atoms with Crippen LogP contribution in [-0.4, -0.2) is 16.0 Å². The van der Waals surface area contributed by atoms with Gasteiger partial charge in [0.1, 0.15) is 0 Å². The van der Waals surface area contributed by atoms with Crippen LogP contribution in [0.4, 0.5) is 5.13 Å². The first-order valence-corrected chi connectivity index (χ1v) is 8.41. The molecule has 0 atom stereocenters. The van der Waals surface area contributed by atoms with Gasteiger partial charge in [0.05, 0.1) is 12.0 Å². The van der Waals surface area contributed by atoms with Gasteiger partial charge in [-0.25, -0.2) is 4.98 Å². The number of furan rings is 1. The second-order valence-corrected chi connectivity index (χ2v) is 6.27. The topological polar surface area (TPSA) is 81.2 Å². The molecule has 0 fully saturated rings. The van der Waals surface area contributed by atoms with E-state index in [0.29, 0.717) is 16.7 Å². The zero-order valence-electron chi connectivity index (χ0n) is 13.2. The average Bonchev–Trinajstić information content (AvgIpc) is 3.36. The molecule has 0 bridgehead atoms. The maximum atomic E-state index is 12.3. The van der Waals surface area contributed by atoms with Gasteiger partial charge < -0.3 is 8.94 Å². The number of anilines is 1. The van der Waals surface area contributed by atoms with Crippen LogP contribution in [0, 0.1) is 6.92 Å². The number of amides is 1. The van der Waals surface area contributed by atoms with E-state index in [9.17, 15) is 4.79 Å². The van der Waals surface area contributed by atoms with E-state index < -0.39 is 0 Å². The molecule has 0 aliphatic heterocycles. The molecule has 0 spiro atoms. The fourth-order valence-electron chi connectivity index (χ4n) is 2.27. The Morgan fingerprint density at radius 2 is 2.00 bits per heavy atom. The number of aromatic nitrogens is 2. The van der Waals surface area contributed by atoms with Crippen LogP contribution in [0.15, 0.2) is 63.0 Å². The van der Waals surface area contributed by atoms with Crippen LogP contribution >= 0.6 is 11.3 Å². The molecule has 7 heteroatoms. The third-order valence-corrected chi connectivity index (χ3v) is 4.34. The predicted octanol–water partition coefficient (Wildman–Crippen LogP) is 4.62. The van der Waals surface area contributed by atoms with Gasteiger partial charge in [-0.1, -0.05) is 35.0 Å². The second kappa shape index (κ2) is 6.37. The normalized spacial score (nSPS) is 10.8. The SMILES string of the molecule is Cc1ccc(-c2csc(NC(=O)c3cc(-c4ccco4)on3)n2)cc1. The lowest BCUT2D eigenvalue weighted by molar-refractivity contribution is 0.101. The van der Waals surface area contributed by atoms with Gasteiger partial charge in [-0.15, -0.1) is 11.3 Å². The number of nitrogens with one attached hydrogen (secondary N) is 1. The fourth-order valence-corrected chi connectivity index (χ4v) is 2.98. The minimum Gasteiger partial charge on any atom is -0.461 e. The number of benzene rings is 1. The Hall–Kier alpha value is -3.19. The Morgan fingerprint density at radius 1 is 1.16 bits per heavy atom. The molecule has 0 aliphatic carbocycles. The van der Waals surface area contributed by atoms with E-state index >= 15 is 0 Å². The number of aryl methyl sites for hydroxylation is 1. The van der Waals surface area contributed by atoms with Crippen molar-refractivity contribution in [3.05, 3.63) is 65.4 Å². The highest BCUT2D eigenvalue weighted by Crippen LogP contribution is 2.26. The molecular formula is C18H13N3O3S. The number of carbonyl (C=O) groups excluding carboxylic acids is 1. The van der Waals surface area contributed by atoms with Gasteiger partial charge in [-0.2, -0.15) is 0 Å². The number of thiazole rings is 1. The van der Waals surface area contributed by atoms with Gasteiger partial charge in [0.25, 0.3) is 5.91 Å².